The van der Waals surface area contributed by atoms with Crippen LogP contribution in [0.15, 0.2) is 35.1 Å². The summed E-state index contributed by atoms with van der Waals surface area (Å²) in [5, 5.41) is 9.49. The van der Waals surface area contributed by atoms with Crippen molar-refractivity contribution in [3.8, 4) is 5.95 Å². The second kappa shape index (κ2) is 8.55. The van der Waals surface area contributed by atoms with Gasteiger partial charge in [-0.05, 0) is 45.1 Å². The molecule has 2 amide bonds. The molecule has 1 aromatic carbocycles. The predicted molar refractivity (Wildman–Crippen MR) is 115 cm³/mol. The predicted octanol–water partition coefficient (Wildman–Crippen LogP) is 1.71. The van der Waals surface area contributed by atoms with Crippen LogP contribution in [0.1, 0.15) is 40.9 Å². The summed E-state index contributed by atoms with van der Waals surface area (Å²) in [6.45, 7) is 3.97. The first-order valence-corrected chi connectivity index (χ1v) is 10.2. The van der Waals surface area contributed by atoms with E-state index in [1.54, 1.807) is 13.0 Å². The number of hydrogen-bond donors (Lipinski definition) is 3. The zero-order chi connectivity index (χ0) is 22.0. The number of amides is 2. The summed E-state index contributed by atoms with van der Waals surface area (Å²) >= 11 is 0. The number of benzene rings is 1. The highest BCUT2D eigenvalue weighted by molar-refractivity contribution is 6.39. The molecule has 0 saturated heterocycles. The maximum absolute atomic E-state index is 12.5. The lowest BCUT2D eigenvalue weighted by molar-refractivity contribution is -0.136. The third-order valence-corrected chi connectivity index (χ3v) is 5.23. The summed E-state index contributed by atoms with van der Waals surface area (Å²) in [4.78, 5) is 44.4. The molecule has 0 bridgehead atoms. The third-order valence-electron chi connectivity index (χ3n) is 5.23. The molecular formula is C22H24N6O3. The van der Waals surface area contributed by atoms with Crippen LogP contribution in [-0.2, 0) is 29.0 Å². The van der Waals surface area contributed by atoms with Crippen molar-refractivity contribution in [1.29, 1.82) is 0 Å². The molecule has 0 saturated carbocycles. The molecule has 0 aliphatic heterocycles. The first-order valence-electron chi connectivity index (χ1n) is 10.2. The van der Waals surface area contributed by atoms with E-state index in [2.05, 4.69) is 25.7 Å². The Kier molecular flexibility index (Phi) is 5.66. The highest BCUT2D eigenvalue weighted by Crippen LogP contribution is 2.19. The van der Waals surface area contributed by atoms with Gasteiger partial charge in [-0.15, -0.1) is 0 Å². The van der Waals surface area contributed by atoms with Crippen LogP contribution in [-0.4, -0.2) is 31.6 Å². The van der Waals surface area contributed by atoms with E-state index in [0.717, 1.165) is 36.1 Å². The van der Waals surface area contributed by atoms with Gasteiger partial charge in [-0.2, -0.15) is 9.78 Å². The molecular weight excluding hydrogens is 396 g/mol. The van der Waals surface area contributed by atoms with Crippen molar-refractivity contribution in [2.24, 2.45) is 0 Å². The van der Waals surface area contributed by atoms with Crippen molar-refractivity contribution in [3.63, 3.8) is 0 Å². The van der Waals surface area contributed by atoms with Gasteiger partial charge in [0.25, 0.3) is 5.56 Å². The number of fused-ring (bicyclic) bond motifs is 1. The molecule has 4 rings (SSSR count). The highest BCUT2D eigenvalue weighted by Gasteiger charge is 2.20. The largest absolute Gasteiger partial charge is 0.344 e. The zero-order valence-electron chi connectivity index (χ0n) is 17.5. The molecule has 2 aromatic heterocycles. The van der Waals surface area contributed by atoms with E-state index in [1.807, 2.05) is 31.2 Å². The number of hydrogen-bond acceptors (Lipinski definition) is 5. The van der Waals surface area contributed by atoms with Gasteiger partial charge >= 0.3 is 11.8 Å². The van der Waals surface area contributed by atoms with Crippen LogP contribution >= 0.6 is 0 Å². The van der Waals surface area contributed by atoms with Gasteiger partial charge in [0.15, 0.2) is 0 Å². The highest BCUT2D eigenvalue weighted by atomic mass is 16.2. The normalized spacial score (nSPS) is 12.8. The molecule has 0 spiro atoms. The van der Waals surface area contributed by atoms with Gasteiger partial charge in [0, 0.05) is 18.2 Å². The summed E-state index contributed by atoms with van der Waals surface area (Å²) in [6, 6.07) is 9.28. The Balaban J connectivity index is 1.50. The fourth-order valence-electron chi connectivity index (χ4n) is 3.58. The Morgan fingerprint density at radius 1 is 1.10 bits per heavy atom. The molecule has 9 nitrogen and oxygen atoms in total. The SMILES string of the molecule is Cc1ccc(CNC(=O)C(=O)Nc2cc(C)nn2-c2nc3c(c(=O)[nH]2)CCCC3)cc1. The minimum absolute atomic E-state index is 0.194. The smallest absolute Gasteiger partial charge is 0.314 e. The lowest BCUT2D eigenvalue weighted by Gasteiger charge is -2.15. The molecule has 1 aliphatic rings. The van der Waals surface area contributed by atoms with Gasteiger partial charge < -0.3 is 10.6 Å². The van der Waals surface area contributed by atoms with Gasteiger partial charge in [0.05, 0.1) is 11.4 Å². The first-order chi connectivity index (χ1) is 14.9. The lowest BCUT2D eigenvalue weighted by atomic mass is 9.97. The van der Waals surface area contributed by atoms with Crippen molar-refractivity contribution in [1.82, 2.24) is 25.1 Å². The lowest BCUT2D eigenvalue weighted by Crippen LogP contribution is -2.35. The molecule has 0 fully saturated rings. The van der Waals surface area contributed by atoms with Crippen molar-refractivity contribution >= 4 is 17.6 Å². The summed E-state index contributed by atoms with van der Waals surface area (Å²) < 4.78 is 1.34. The fourth-order valence-corrected chi connectivity index (χ4v) is 3.58. The summed E-state index contributed by atoms with van der Waals surface area (Å²) in [6.07, 6.45) is 3.39. The quantitative estimate of drug-likeness (QED) is 0.555. The Morgan fingerprint density at radius 2 is 1.84 bits per heavy atom. The van der Waals surface area contributed by atoms with Crippen molar-refractivity contribution < 1.29 is 9.59 Å². The van der Waals surface area contributed by atoms with Crippen LogP contribution in [0.4, 0.5) is 5.82 Å². The average molecular weight is 420 g/mol. The first kappa shape index (κ1) is 20.5. The number of aromatic amines is 1. The molecule has 3 N–H and O–H groups in total. The van der Waals surface area contributed by atoms with Crippen molar-refractivity contribution in [2.75, 3.05) is 5.32 Å². The molecule has 1 aliphatic carbocycles. The van der Waals surface area contributed by atoms with E-state index in [-0.39, 0.29) is 23.9 Å². The molecule has 9 heteroatoms. The molecule has 0 radical (unpaired) electrons. The third kappa shape index (κ3) is 4.55. The van der Waals surface area contributed by atoms with Gasteiger partial charge in [-0.3, -0.25) is 19.4 Å². The summed E-state index contributed by atoms with van der Waals surface area (Å²) in [5.74, 6) is -1.12. The molecule has 2 heterocycles. The second-order valence-corrected chi connectivity index (χ2v) is 7.73. The Bertz CT molecular complexity index is 1190. The van der Waals surface area contributed by atoms with Crippen LogP contribution in [0.3, 0.4) is 0 Å². The summed E-state index contributed by atoms with van der Waals surface area (Å²) in [7, 11) is 0. The Morgan fingerprint density at radius 3 is 2.61 bits per heavy atom. The number of aromatic nitrogens is 4. The van der Waals surface area contributed by atoms with Crippen LogP contribution in [0.2, 0.25) is 0 Å². The standard InChI is InChI=1S/C22H24N6O3/c1-13-7-9-15(10-8-13)12-23-20(30)21(31)25-18-11-14(2)27-28(18)22-24-17-6-4-3-5-16(17)19(29)26-22/h7-11H,3-6,12H2,1-2H3,(H,23,30)(H,25,31)(H,24,26,29). The second-order valence-electron chi connectivity index (χ2n) is 7.73. The van der Waals surface area contributed by atoms with E-state index in [0.29, 0.717) is 17.7 Å². The van der Waals surface area contributed by atoms with E-state index in [9.17, 15) is 14.4 Å². The van der Waals surface area contributed by atoms with Crippen molar-refractivity contribution in [3.05, 3.63) is 68.8 Å². The molecule has 3 aromatic rings. The van der Waals surface area contributed by atoms with Gasteiger partial charge in [0.1, 0.15) is 5.82 Å². The number of rotatable bonds is 4. The summed E-state index contributed by atoms with van der Waals surface area (Å²) in [5.41, 5.74) is 3.89. The molecule has 0 unspecified atom stereocenters. The van der Waals surface area contributed by atoms with Crippen LogP contribution in [0.25, 0.3) is 5.95 Å². The van der Waals surface area contributed by atoms with Gasteiger partial charge in [-0.1, -0.05) is 29.8 Å². The Hall–Kier alpha value is -3.75. The number of anilines is 1. The maximum Gasteiger partial charge on any atom is 0.314 e. The van der Waals surface area contributed by atoms with Crippen LogP contribution < -0.4 is 16.2 Å². The van der Waals surface area contributed by atoms with E-state index in [4.69, 9.17) is 0 Å². The number of H-pyrrole nitrogens is 1. The van der Waals surface area contributed by atoms with Gasteiger partial charge in [0.2, 0.25) is 5.95 Å². The van der Waals surface area contributed by atoms with Crippen LogP contribution in [0.5, 0.6) is 0 Å². The van der Waals surface area contributed by atoms with Crippen LogP contribution in [0, 0.1) is 13.8 Å². The minimum Gasteiger partial charge on any atom is -0.344 e. The number of carbonyl (C=O) groups excluding carboxylic acids is 2. The fraction of sp³-hybridized carbons (Fsp3) is 0.318. The van der Waals surface area contributed by atoms with Gasteiger partial charge in [-0.25, -0.2) is 4.98 Å². The molecule has 0 atom stereocenters. The van der Waals surface area contributed by atoms with Crippen molar-refractivity contribution in [2.45, 2.75) is 46.1 Å². The number of nitrogens with zero attached hydrogens (tertiary/aromatic N) is 3. The maximum atomic E-state index is 12.5. The zero-order valence-corrected chi connectivity index (χ0v) is 17.5. The average Bonchev–Trinajstić information content (AvgIpc) is 3.13. The van der Waals surface area contributed by atoms with E-state index >= 15 is 0 Å². The molecule has 31 heavy (non-hydrogen) atoms. The molecule has 160 valence electrons. The van der Waals surface area contributed by atoms with E-state index in [1.165, 1.54) is 4.68 Å². The number of nitrogens with one attached hydrogen (secondary N) is 3. The number of carbonyl (C=O) groups is 2. The monoisotopic (exact) mass is 420 g/mol. The van der Waals surface area contributed by atoms with E-state index < -0.39 is 11.8 Å². The Labute approximate surface area is 178 Å². The minimum atomic E-state index is -0.825. The number of aryl methyl sites for hydroxylation is 3. The topological polar surface area (TPSA) is 122 Å².